The summed E-state index contributed by atoms with van der Waals surface area (Å²) in [4.78, 5) is 6.23. The Morgan fingerprint density at radius 3 is 2.66 bits per heavy atom. The fourth-order valence-corrected chi connectivity index (χ4v) is 4.31. The van der Waals surface area contributed by atoms with E-state index in [4.69, 9.17) is 0 Å². The van der Waals surface area contributed by atoms with Crippen LogP contribution in [-0.2, 0) is 0 Å². The first-order valence-corrected chi connectivity index (χ1v) is 10.0. The van der Waals surface area contributed by atoms with Crippen LogP contribution in [0.3, 0.4) is 0 Å². The fourth-order valence-electron chi connectivity index (χ4n) is 4.31. The molecule has 0 spiro atoms. The van der Waals surface area contributed by atoms with Crippen molar-refractivity contribution in [3.8, 4) is 17.2 Å². The first kappa shape index (κ1) is 17.8. The van der Waals surface area contributed by atoms with Gasteiger partial charge in [0.2, 0.25) is 0 Å². The van der Waals surface area contributed by atoms with E-state index < -0.39 is 0 Å². The summed E-state index contributed by atoms with van der Waals surface area (Å²) >= 11 is 0. The number of hydrogen-bond acceptors (Lipinski definition) is 5. The smallest absolute Gasteiger partial charge is 0.142 e. The van der Waals surface area contributed by atoms with E-state index >= 15 is 0 Å². The molecule has 1 saturated heterocycles. The van der Waals surface area contributed by atoms with Gasteiger partial charge in [-0.1, -0.05) is 12.1 Å². The fraction of sp³-hybridized carbons (Fsp3) is 0.364. The molecular weight excluding hydrogens is 367 g/mol. The monoisotopic (exact) mass is 388 g/mol. The molecule has 1 aliphatic carbocycles. The zero-order chi connectivity index (χ0) is 19.8. The van der Waals surface area contributed by atoms with Crippen LogP contribution in [0, 0.1) is 17.1 Å². The number of rotatable bonds is 4. The van der Waals surface area contributed by atoms with Crippen LogP contribution in [-0.4, -0.2) is 32.8 Å². The third kappa shape index (κ3) is 3.35. The topological polar surface area (TPSA) is 70.6 Å². The summed E-state index contributed by atoms with van der Waals surface area (Å²) in [5.74, 6) is 1.09. The lowest BCUT2D eigenvalue weighted by atomic mass is 9.93. The van der Waals surface area contributed by atoms with Crippen LogP contribution in [0.15, 0.2) is 43.0 Å². The number of nitriles is 1. The van der Waals surface area contributed by atoms with Gasteiger partial charge in [-0.15, -0.1) is 10.2 Å². The van der Waals surface area contributed by atoms with E-state index in [9.17, 15) is 9.65 Å². The first-order valence-electron chi connectivity index (χ1n) is 10.0. The highest BCUT2D eigenvalue weighted by Gasteiger charge is 2.31. The number of benzene rings is 1. The zero-order valence-corrected chi connectivity index (χ0v) is 16.0. The summed E-state index contributed by atoms with van der Waals surface area (Å²) < 4.78 is 16.0. The highest BCUT2D eigenvalue weighted by atomic mass is 19.1. The highest BCUT2D eigenvalue weighted by Crippen LogP contribution is 2.40. The van der Waals surface area contributed by atoms with Crippen molar-refractivity contribution in [2.75, 3.05) is 18.0 Å². The molecule has 2 fully saturated rings. The molecule has 2 aliphatic rings. The van der Waals surface area contributed by atoms with Crippen LogP contribution in [0.1, 0.15) is 49.0 Å². The minimum atomic E-state index is -0.381. The molecule has 7 heteroatoms. The van der Waals surface area contributed by atoms with E-state index in [0.717, 1.165) is 43.0 Å². The summed E-state index contributed by atoms with van der Waals surface area (Å²) in [5, 5.41) is 18.2. The normalized spacial score (nSPS) is 17.3. The van der Waals surface area contributed by atoms with Gasteiger partial charge >= 0.3 is 0 Å². The SMILES string of the molecule is N#Cc1cccc(-c2cncc(F)c2)c1N1CCC(c2nncn2C2CC2)CC1. The number of piperidine rings is 1. The maximum atomic E-state index is 13.8. The molecule has 0 amide bonds. The molecule has 6 nitrogen and oxygen atoms in total. The molecular formula is C22H21FN6. The Labute approximate surface area is 168 Å². The van der Waals surface area contributed by atoms with E-state index in [-0.39, 0.29) is 5.82 Å². The number of nitrogens with zero attached hydrogens (tertiary/aromatic N) is 6. The van der Waals surface area contributed by atoms with Crippen molar-refractivity contribution in [3.05, 3.63) is 60.2 Å². The van der Waals surface area contributed by atoms with Crippen LogP contribution < -0.4 is 4.90 Å². The minimum absolute atomic E-state index is 0.378. The summed E-state index contributed by atoms with van der Waals surface area (Å²) in [5.41, 5.74) is 3.00. The molecule has 0 radical (unpaired) electrons. The Morgan fingerprint density at radius 1 is 1.10 bits per heavy atom. The van der Waals surface area contributed by atoms with Gasteiger partial charge in [0.15, 0.2) is 0 Å². The average Bonchev–Trinajstić information content (AvgIpc) is 3.49. The van der Waals surface area contributed by atoms with Crippen molar-refractivity contribution in [3.63, 3.8) is 0 Å². The Bertz CT molecular complexity index is 1070. The molecule has 146 valence electrons. The van der Waals surface area contributed by atoms with Gasteiger partial charge in [0.05, 0.1) is 17.4 Å². The number of aromatic nitrogens is 4. The molecule has 1 aliphatic heterocycles. The quantitative estimate of drug-likeness (QED) is 0.674. The van der Waals surface area contributed by atoms with E-state index in [2.05, 4.69) is 30.7 Å². The summed E-state index contributed by atoms with van der Waals surface area (Å²) in [7, 11) is 0. The second-order valence-corrected chi connectivity index (χ2v) is 7.79. The van der Waals surface area contributed by atoms with Gasteiger partial charge in [-0.2, -0.15) is 5.26 Å². The van der Waals surface area contributed by atoms with Crippen LogP contribution in [0.2, 0.25) is 0 Å². The lowest BCUT2D eigenvalue weighted by Crippen LogP contribution is -2.34. The third-order valence-electron chi connectivity index (χ3n) is 5.89. The highest BCUT2D eigenvalue weighted by molar-refractivity contribution is 5.82. The van der Waals surface area contributed by atoms with E-state index in [0.29, 0.717) is 23.1 Å². The summed E-state index contributed by atoms with van der Waals surface area (Å²) in [6.45, 7) is 1.63. The number of para-hydroxylation sites is 1. The van der Waals surface area contributed by atoms with Crippen LogP contribution in [0.25, 0.3) is 11.1 Å². The number of halogens is 1. The van der Waals surface area contributed by atoms with Gasteiger partial charge < -0.3 is 9.47 Å². The van der Waals surface area contributed by atoms with Gasteiger partial charge in [0.1, 0.15) is 24.0 Å². The van der Waals surface area contributed by atoms with Crippen LogP contribution in [0.4, 0.5) is 10.1 Å². The number of pyridine rings is 1. The molecule has 3 aromatic rings. The molecule has 2 aromatic heterocycles. The van der Waals surface area contributed by atoms with E-state index in [1.807, 2.05) is 24.5 Å². The standard InChI is InChI=1S/C22H21FN6/c23-18-10-17(12-25-13-18)20-3-1-2-16(11-24)21(20)28-8-6-15(7-9-28)22-27-26-14-29(22)19-4-5-19/h1-3,10,12-15,19H,4-9H2. The Kier molecular flexibility index (Phi) is 4.47. The lowest BCUT2D eigenvalue weighted by Gasteiger charge is -2.35. The number of anilines is 1. The molecule has 0 N–H and O–H groups in total. The van der Waals surface area contributed by atoms with Gasteiger partial charge in [0, 0.05) is 42.4 Å². The predicted octanol–water partition coefficient (Wildman–Crippen LogP) is 4.07. The van der Waals surface area contributed by atoms with E-state index in [1.54, 1.807) is 6.20 Å². The molecule has 3 heterocycles. The van der Waals surface area contributed by atoms with Gasteiger partial charge in [0.25, 0.3) is 0 Å². The maximum Gasteiger partial charge on any atom is 0.142 e. The van der Waals surface area contributed by atoms with Gasteiger partial charge in [-0.3, -0.25) is 4.98 Å². The Morgan fingerprint density at radius 2 is 1.93 bits per heavy atom. The molecule has 0 bridgehead atoms. The van der Waals surface area contributed by atoms with Crippen molar-refractivity contribution >= 4 is 5.69 Å². The number of hydrogen-bond donors (Lipinski definition) is 0. The van der Waals surface area contributed by atoms with Crippen LogP contribution in [0.5, 0.6) is 0 Å². The second-order valence-electron chi connectivity index (χ2n) is 7.79. The van der Waals surface area contributed by atoms with Gasteiger partial charge in [-0.25, -0.2) is 4.39 Å². The summed E-state index contributed by atoms with van der Waals surface area (Å²) in [6, 6.07) is 9.94. The molecule has 0 unspecified atom stereocenters. The molecule has 0 atom stereocenters. The maximum absolute atomic E-state index is 13.8. The Balaban J connectivity index is 1.43. The minimum Gasteiger partial charge on any atom is -0.370 e. The van der Waals surface area contributed by atoms with Crippen molar-refractivity contribution in [1.29, 1.82) is 5.26 Å². The van der Waals surface area contributed by atoms with Crippen molar-refractivity contribution in [2.24, 2.45) is 0 Å². The first-order chi connectivity index (χ1) is 14.2. The average molecular weight is 388 g/mol. The predicted molar refractivity (Wildman–Crippen MR) is 107 cm³/mol. The molecule has 1 aromatic carbocycles. The largest absolute Gasteiger partial charge is 0.370 e. The zero-order valence-electron chi connectivity index (χ0n) is 16.0. The Hall–Kier alpha value is -3.27. The second kappa shape index (κ2) is 7.28. The molecule has 29 heavy (non-hydrogen) atoms. The third-order valence-corrected chi connectivity index (χ3v) is 5.89. The van der Waals surface area contributed by atoms with Crippen molar-refractivity contribution in [1.82, 2.24) is 19.7 Å². The van der Waals surface area contributed by atoms with Gasteiger partial charge in [-0.05, 0) is 37.8 Å². The molecule has 5 rings (SSSR count). The lowest BCUT2D eigenvalue weighted by molar-refractivity contribution is 0.465. The van der Waals surface area contributed by atoms with Crippen LogP contribution >= 0.6 is 0 Å². The van der Waals surface area contributed by atoms with Crippen molar-refractivity contribution in [2.45, 2.75) is 37.6 Å². The summed E-state index contributed by atoms with van der Waals surface area (Å²) in [6.07, 6.45) is 9.03. The van der Waals surface area contributed by atoms with Crippen molar-refractivity contribution < 1.29 is 4.39 Å². The molecule has 1 saturated carbocycles. The van der Waals surface area contributed by atoms with E-state index in [1.165, 1.54) is 25.1 Å².